The molecule has 0 aliphatic heterocycles. The largest absolute Gasteiger partial charge is 0.299 e. The quantitative estimate of drug-likeness (QED) is 0.543. The SMILES string of the molecule is CC(C)(C)CC(=O)CC#C[Si](c1ccccc1)(c1ccccc1)C(C)(C)C. The summed E-state index contributed by atoms with van der Waals surface area (Å²) in [6.45, 7) is 13.1. The van der Waals surface area contributed by atoms with E-state index >= 15 is 0 Å². The van der Waals surface area contributed by atoms with E-state index in [1.54, 1.807) is 0 Å². The number of hydrogen-bond donors (Lipinski definition) is 0. The van der Waals surface area contributed by atoms with Crippen LogP contribution in [0.2, 0.25) is 5.04 Å². The van der Waals surface area contributed by atoms with E-state index in [0.29, 0.717) is 12.8 Å². The Labute approximate surface area is 166 Å². The third-order valence-corrected chi connectivity index (χ3v) is 10.0. The summed E-state index contributed by atoms with van der Waals surface area (Å²) in [6.07, 6.45) is 0.907. The first kappa shape index (κ1) is 21.2. The van der Waals surface area contributed by atoms with Crippen molar-refractivity contribution in [1.29, 1.82) is 0 Å². The second kappa shape index (κ2) is 8.27. The highest BCUT2D eigenvalue weighted by atomic mass is 28.3. The fourth-order valence-electron chi connectivity index (χ4n) is 3.67. The van der Waals surface area contributed by atoms with Crippen molar-refractivity contribution in [3.05, 3.63) is 60.7 Å². The molecular weight excluding hydrogens is 344 g/mol. The smallest absolute Gasteiger partial charge is 0.204 e. The number of carbonyl (C=O) groups is 1. The third kappa shape index (κ3) is 5.21. The van der Waals surface area contributed by atoms with Gasteiger partial charge in [-0.05, 0) is 20.8 Å². The van der Waals surface area contributed by atoms with Gasteiger partial charge in [0.2, 0.25) is 8.07 Å². The van der Waals surface area contributed by atoms with Gasteiger partial charge in [-0.3, -0.25) is 4.79 Å². The Morgan fingerprint density at radius 3 is 1.63 bits per heavy atom. The van der Waals surface area contributed by atoms with Crippen molar-refractivity contribution in [1.82, 2.24) is 0 Å². The summed E-state index contributed by atoms with van der Waals surface area (Å²) in [6, 6.07) is 21.3. The lowest BCUT2D eigenvalue weighted by Crippen LogP contribution is -2.63. The molecule has 0 aliphatic carbocycles. The van der Waals surface area contributed by atoms with Gasteiger partial charge in [-0.1, -0.05) is 102 Å². The molecule has 142 valence electrons. The molecule has 0 atom stereocenters. The Morgan fingerprint density at radius 2 is 1.26 bits per heavy atom. The maximum atomic E-state index is 12.4. The fraction of sp³-hybridized carbons (Fsp3) is 0.400. The van der Waals surface area contributed by atoms with Crippen LogP contribution >= 0.6 is 0 Å². The molecule has 0 aliphatic rings. The molecule has 27 heavy (non-hydrogen) atoms. The first-order valence-electron chi connectivity index (χ1n) is 9.69. The molecular formula is C25H32OSi. The summed E-state index contributed by atoms with van der Waals surface area (Å²) < 4.78 is 0. The average molecular weight is 377 g/mol. The van der Waals surface area contributed by atoms with E-state index in [1.807, 2.05) is 0 Å². The van der Waals surface area contributed by atoms with Crippen LogP contribution in [0.3, 0.4) is 0 Å². The van der Waals surface area contributed by atoms with Gasteiger partial charge in [0.15, 0.2) is 0 Å². The molecule has 0 amide bonds. The minimum atomic E-state index is -2.39. The van der Waals surface area contributed by atoms with Gasteiger partial charge in [-0.2, -0.15) is 0 Å². The normalized spacial score (nSPS) is 12.2. The molecule has 1 nitrogen and oxygen atoms in total. The maximum absolute atomic E-state index is 12.4. The van der Waals surface area contributed by atoms with Gasteiger partial charge in [-0.25, -0.2) is 0 Å². The number of ketones is 1. The predicted molar refractivity (Wildman–Crippen MR) is 119 cm³/mol. The minimum absolute atomic E-state index is 0.00419. The van der Waals surface area contributed by atoms with Gasteiger partial charge >= 0.3 is 0 Å². The van der Waals surface area contributed by atoms with Crippen molar-refractivity contribution in [2.45, 2.75) is 59.4 Å². The van der Waals surface area contributed by atoms with E-state index < -0.39 is 8.07 Å². The Bertz CT molecular complexity index is 772. The van der Waals surface area contributed by atoms with Crippen molar-refractivity contribution in [2.75, 3.05) is 0 Å². The lowest BCUT2D eigenvalue weighted by atomic mass is 9.89. The van der Waals surface area contributed by atoms with Gasteiger partial charge < -0.3 is 0 Å². The Morgan fingerprint density at radius 1 is 0.815 bits per heavy atom. The minimum Gasteiger partial charge on any atom is -0.299 e. The molecule has 0 fully saturated rings. The Balaban J connectivity index is 2.55. The second-order valence-corrected chi connectivity index (χ2v) is 13.9. The van der Waals surface area contributed by atoms with E-state index in [9.17, 15) is 4.79 Å². The topological polar surface area (TPSA) is 17.1 Å². The van der Waals surface area contributed by atoms with Crippen LogP contribution in [0.1, 0.15) is 54.4 Å². The standard InChI is InChI=1S/C25H32OSi/c1-24(2,3)20-21(26)14-13-19-27(25(4,5)6,22-15-9-7-10-16-22)23-17-11-8-12-18-23/h7-12,15-18H,14,20H2,1-6H3. The Hall–Kier alpha value is -2.11. The lowest BCUT2D eigenvalue weighted by molar-refractivity contribution is -0.119. The molecule has 0 spiro atoms. The van der Waals surface area contributed by atoms with Crippen LogP contribution in [0.4, 0.5) is 0 Å². The highest BCUT2D eigenvalue weighted by Gasteiger charge is 2.46. The summed E-state index contributed by atoms with van der Waals surface area (Å²) in [4.78, 5) is 12.4. The van der Waals surface area contributed by atoms with Crippen molar-refractivity contribution in [3.8, 4) is 11.5 Å². The number of carbonyl (C=O) groups excluding carboxylic acids is 1. The highest BCUT2D eigenvalue weighted by molar-refractivity contribution is 7.10. The molecule has 2 aromatic rings. The van der Waals surface area contributed by atoms with Crippen molar-refractivity contribution < 1.29 is 4.79 Å². The van der Waals surface area contributed by atoms with Crippen LogP contribution in [0.5, 0.6) is 0 Å². The first-order chi connectivity index (χ1) is 12.6. The maximum Gasteiger partial charge on any atom is 0.204 e. The monoisotopic (exact) mass is 376 g/mol. The van der Waals surface area contributed by atoms with Crippen molar-refractivity contribution >= 4 is 24.2 Å². The zero-order valence-electron chi connectivity index (χ0n) is 17.6. The zero-order chi connectivity index (χ0) is 20.1. The molecule has 0 saturated carbocycles. The van der Waals surface area contributed by atoms with Crippen LogP contribution in [0.15, 0.2) is 60.7 Å². The lowest BCUT2D eigenvalue weighted by Gasteiger charge is -2.39. The molecule has 0 N–H and O–H groups in total. The molecule has 0 saturated heterocycles. The molecule has 0 radical (unpaired) electrons. The highest BCUT2D eigenvalue weighted by Crippen LogP contribution is 2.35. The van der Waals surface area contributed by atoms with Crippen molar-refractivity contribution in [2.24, 2.45) is 5.41 Å². The molecule has 0 aromatic heterocycles. The zero-order valence-corrected chi connectivity index (χ0v) is 18.6. The summed E-state index contributed by atoms with van der Waals surface area (Å²) in [5.41, 5.74) is 3.70. The Kier molecular flexibility index (Phi) is 6.49. The number of Topliss-reactive ketones (excluding diaryl/α,β-unsaturated/α-hetero) is 1. The third-order valence-electron chi connectivity index (χ3n) is 4.83. The van der Waals surface area contributed by atoms with Crippen molar-refractivity contribution in [3.63, 3.8) is 0 Å². The van der Waals surface area contributed by atoms with E-state index in [2.05, 4.69) is 114 Å². The van der Waals surface area contributed by atoms with Gasteiger partial charge in [0.25, 0.3) is 0 Å². The van der Waals surface area contributed by atoms with Crippen LogP contribution in [0, 0.1) is 16.9 Å². The van der Waals surface area contributed by atoms with Gasteiger partial charge in [-0.15, -0.1) is 11.5 Å². The van der Waals surface area contributed by atoms with E-state index in [4.69, 9.17) is 0 Å². The van der Waals surface area contributed by atoms with E-state index in [1.165, 1.54) is 10.4 Å². The second-order valence-electron chi connectivity index (χ2n) is 9.49. The van der Waals surface area contributed by atoms with Gasteiger partial charge in [0.05, 0.1) is 6.42 Å². The van der Waals surface area contributed by atoms with Gasteiger partial charge in [0.1, 0.15) is 5.78 Å². The predicted octanol–water partition coefficient (Wildman–Crippen LogP) is 4.99. The molecule has 2 aromatic carbocycles. The van der Waals surface area contributed by atoms with E-state index in [-0.39, 0.29) is 16.2 Å². The van der Waals surface area contributed by atoms with Crippen LogP contribution in [-0.4, -0.2) is 13.9 Å². The summed E-state index contributed by atoms with van der Waals surface area (Å²) in [5, 5.41) is 2.61. The molecule has 2 rings (SSSR count). The van der Waals surface area contributed by atoms with Crippen LogP contribution in [-0.2, 0) is 4.79 Å². The average Bonchev–Trinajstić information content (AvgIpc) is 2.57. The summed E-state index contributed by atoms with van der Waals surface area (Å²) in [7, 11) is -2.39. The fourth-order valence-corrected chi connectivity index (χ4v) is 8.14. The summed E-state index contributed by atoms with van der Waals surface area (Å²) >= 11 is 0. The number of benzene rings is 2. The van der Waals surface area contributed by atoms with E-state index in [0.717, 1.165) is 0 Å². The molecule has 0 unspecified atom stereocenters. The first-order valence-corrected chi connectivity index (χ1v) is 11.7. The summed E-state index contributed by atoms with van der Waals surface area (Å²) in [5.74, 6) is 3.54. The number of hydrogen-bond acceptors (Lipinski definition) is 1. The van der Waals surface area contributed by atoms with Gasteiger partial charge in [0, 0.05) is 6.42 Å². The molecule has 2 heteroatoms. The molecule has 0 heterocycles. The van der Waals surface area contributed by atoms with Crippen LogP contribution < -0.4 is 10.4 Å². The van der Waals surface area contributed by atoms with Crippen LogP contribution in [0.25, 0.3) is 0 Å². The number of rotatable bonds is 4. The molecule has 0 bridgehead atoms.